The van der Waals surface area contributed by atoms with Crippen LogP contribution in [0.1, 0.15) is 31.1 Å². The number of hydrogen-bond donors (Lipinski definition) is 0. The number of carbonyl (C=O) groups is 1. The van der Waals surface area contributed by atoms with Crippen LogP contribution in [0.5, 0.6) is 0 Å². The van der Waals surface area contributed by atoms with Crippen LogP contribution in [0.2, 0.25) is 5.02 Å². The summed E-state index contributed by atoms with van der Waals surface area (Å²) in [6, 6.07) is 7.21. The molecule has 94 valence electrons. The summed E-state index contributed by atoms with van der Waals surface area (Å²) in [5, 5.41) is 1.22. The lowest BCUT2D eigenvalue weighted by molar-refractivity contribution is 0.00719. The van der Waals surface area contributed by atoms with E-state index in [-0.39, 0.29) is 0 Å². The van der Waals surface area contributed by atoms with Gasteiger partial charge in [-0.05, 0) is 32.9 Å². The minimum Gasteiger partial charge on any atom is -0.456 e. The molecule has 0 saturated carbocycles. The van der Waals surface area contributed by atoms with Crippen molar-refractivity contribution in [1.29, 1.82) is 0 Å². The number of halogens is 1. The molecule has 0 fully saturated rings. The smallest absolute Gasteiger partial charge is 0.342 e. The van der Waals surface area contributed by atoms with Crippen LogP contribution in [0.25, 0.3) is 10.9 Å². The van der Waals surface area contributed by atoms with Gasteiger partial charge >= 0.3 is 5.97 Å². The third-order valence-corrected chi connectivity index (χ3v) is 2.64. The summed E-state index contributed by atoms with van der Waals surface area (Å²) in [6.45, 7) is 5.45. The topological polar surface area (TPSA) is 39.2 Å². The summed E-state index contributed by atoms with van der Waals surface area (Å²) in [5.74, 6) is -0.447. The predicted octanol–water partition coefficient (Wildman–Crippen LogP) is 3.84. The monoisotopic (exact) mass is 263 g/mol. The summed E-state index contributed by atoms with van der Waals surface area (Å²) < 4.78 is 5.35. The first kappa shape index (κ1) is 12.8. The average molecular weight is 264 g/mol. The van der Waals surface area contributed by atoms with Crippen molar-refractivity contribution in [3.05, 3.63) is 41.0 Å². The molecule has 18 heavy (non-hydrogen) atoms. The number of nitrogens with zero attached hydrogens (tertiary/aromatic N) is 1. The molecular weight excluding hydrogens is 250 g/mol. The van der Waals surface area contributed by atoms with Crippen molar-refractivity contribution in [3.8, 4) is 0 Å². The molecule has 0 radical (unpaired) electrons. The summed E-state index contributed by atoms with van der Waals surface area (Å²) in [4.78, 5) is 16.4. The highest BCUT2D eigenvalue weighted by Crippen LogP contribution is 2.26. The number of aromatic nitrogens is 1. The van der Waals surface area contributed by atoms with Gasteiger partial charge in [-0.25, -0.2) is 4.79 Å². The van der Waals surface area contributed by atoms with Crippen LogP contribution >= 0.6 is 11.6 Å². The van der Waals surface area contributed by atoms with Crippen molar-refractivity contribution < 1.29 is 9.53 Å². The second-order valence-electron chi connectivity index (χ2n) is 5.00. The highest BCUT2D eigenvalue weighted by atomic mass is 35.5. The molecule has 0 atom stereocenters. The molecule has 1 aromatic carbocycles. The Morgan fingerprint density at radius 1 is 1.28 bits per heavy atom. The fourth-order valence-electron chi connectivity index (χ4n) is 1.64. The number of pyridine rings is 1. The molecule has 2 rings (SSSR count). The maximum absolute atomic E-state index is 12.1. The Kier molecular flexibility index (Phi) is 3.26. The number of carbonyl (C=O) groups excluding carboxylic acids is 1. The SMILES string of the molecule is CC(C)(C)OC(=O)c1c(Cl)ccc2cccnc12. The minimum atomic E-state index is -0.558. The Morgan fingerprint density at radius 3 is 2.67 bits per heavy atom. The van der Waals surface area contributed by atoms with Gasteiger partial charge in [-0.3, -0.25) is 4.98 Å². The number of fused-ring (bicyclic) bond motifs is 1. The summed E-state index contributed by atoms with van der Waals surface area (Å²) in [6.07, 6.45) is 1.63. The number of esters is 1. The van der Waals surface area contributed by atoms with Crippen LogP contribution < -0.4 is 0 Å². The van der Waals surface area contributed by atoms with Gasteiger partial charge in [0.25, 0.3) is 0 Å². The van der Waals surface area contributed by atoms with E-state index in [1.807, 2.05) is 39.0 Å². The highest BCUT2D eigenvalue weighted by molar-refractivity contribution is 6.35. The quantitative estimate of drug-likeness (QED) is 0.734. The Balaban J connectivity index is 2.56. The standard InChI is InChI=1S/C14H14ClNO2/c1-14(2,3)18-13(17)11-10(15)7-6-9-5-4-8-16-12(9)11/h4-8H,1-3H3. The normalized spacial score (nSPS) is 11.6. The largest absolute Gasteiger partial charge is 0.456 e. The van der Waals surface area contributed by atoms with Crippen LogP contribution in [0.3, 0.4) is 0 Å². The van der Waals surface area contributed by atoms with Gasteiger partial charge in [-0.15, -0.1) is 0 Å². The van der Waals surface area contributed by atoms with Gasteiger partial charge in [0.15, 0.2) is 0 Å². The molecular formula is C14H14ClNO2. The maximum Gasteiger partial charge on any atom is 0.342 e. The number of benzene rings is 1. The Hall–Kier alpha value is -1.61. The average Bonchev–Trinajstić information content (AvgIpc) is 2.26. The van der Waals surface area contributed by atoms with E-state index < -0.39 is 11.6 Å². The molecule has 3 nitrogen and oxygen atoms in total. The zero-order valence-corrected chi connectivity index (χ0v) is 11.3. The second kappa shape index (κ2) is 4.58. The van der Waals surface area contributed by atoms with E-state index in [1.165, 1.54) is 0 Å². The number of ether oxygens (including phenoxy) is 1. The first-order valence-corrected chi connectivity index (χ1v) is 6.03. The molecule has 4 heteroatoms. The Bertz CT molecular complexity index is 602. The van der Waals surface area contributed by atoms with Crippen LogP contribution in [0.4, 0.5) is 0 Å². The second-order valence-corrected chi connectivity index (χ2v) is 5.41. The first-order valence-electron chi connectivity index (χ1n) is 5.65. The predicted molar refractivity (Wildman–Crippen MR) is 71.9 cm³/mol. The lowest BCUT2D eigenvalue weighted by Crippen LogP contribution is -2.24. The third kappa shape index (κ3) is 2.62. The van der Waals surface area contributed by atoms with Crippen molar-refractivity contribution in [3.63, 3.8) is 0 Å². The molecule has 0 aliphatic rings. The van der Waals surface area contributed by atoms with Gasteiger partial charge in [0, 0.05) is 11.6 Å². The molecule has 0 aliphatic heterocycles. The van der Waals surface area contributed by atoms with E-state index in [9.17, 15) is 4.79 Å². The molecule has 1 aromatic heterocycles. The lowest BCUT2D eigenvalue weighted by atomic mass is 10.1. The number of hydrogen-bond acceptors (Lipinski definition) is 3. The zero-order chi connectivity index (χ0) is 13.3. The molecule has 0 N–H and O–H groups in total. The van der Waals surface area contributed by atoms with Gasteiger partial charge in [0.05, 0.1) is 10.5 Å². The zero-order valence-electron chi connectivity index (χ0n) is 10.5. The molecule has 0 bridgehead atoms. The summed E-state index contributed by atoms with van der Waals surface area (Å²) >= 11 is 6.09. The van der Waals surface area contributed by atoms with E-state index in [4.69, 9.17) is 16.3 Å². The Labute approximate surface area is 111 Å². The molecule has 2 aromatic rings. The van der Waals surface area contributed by atoms with E-state index in [0.29, 0.717) is 16.1 Å². The molecule has 0 unspecified atom stereocenters. The lowest BCUT2D eigenvalue weighted by Gasteiger charge is -2.20. The van der Waals surface area contributed by atoms with Crippen LogP contribution in [-0.2, 0) is 4.74 Å². The van der Waals surface area contributed by atoms with Gasteiger partial charge in [-0.2, -0.15) is 0 Å². The first-order chi connectivity index (χ1) is 8.38. The number of rotatable bonds is 1. The molecule has 0 spiro atoms. The van der Waals surface area contributed by atoms with Gasteiger partial charge < -0.3 is 4.74 Å². The highest BCUT2D eigenvalue weighted by Gasteiger charge is 2.22. The van der Waals surface area contributed by atoms with Gasteiger partial charge in [0.1, 0.15) is 11.2 Å². The fraction of sp³-hybridized carbons (Fsp3) is 0.286. The van der Waals surface area contributed by atoms with E-state index in [2.05, 4.69) is 4.98 Å². The summed E-state index contributed by atoms with van der Waals surface area (Å²) in [7, 11) is 0. The van der Waals surface area contributed by atoms with Crippen molar-refractivity contribution in [2.45, 2.75) is 26.4 Å². The van der Waals surface area contributed by atoms with Gasteiger partial charge in [0.2, 0.25) is 0 Å². The van der Waals surface area contributed by atoms with Crippen LogP contribution in [-0.4, -0.2) is 16.6 Å². The molecule has 1 heterocycles. The van der Waals surface area contributed by atoms with Crippen molar-refractivity contribution in [2.75, 3.05) is 0 Å². The van der Waals surface area contributed by atoms with Crippen LogP contribution in [0.15, 0.2) is 30.5 Å². The molecule has 0 amide bonds. The Morgan fingerprint density at radius 2 is 2.00 bits per heavy atom. The van der Waals surface area contributed by atoms with Crippen molar-refractivity contribution in [1.82, 2.24) is 4.98 Å². The van der Waals surface area contributed by atoms with E-state index in [0.717, 1.165) is 5.39 Å². The van der Waals surface area contributed by atoms with Crippen molar-refractivity contribution in [2.24, 2.45) is 0 Å². The minimum absolute atomic E-state index is 0.324. The van der Waals surface area contributed by atoms with Gasteiger partial charge in [-0.1, -0.05) is 23.7 Å². The molecule has 0 saturated heterocycles. The van der Waals surface area contributed by atoms with Crippen molar-refractivity contribution >= 4 is 28.5 Å². The van der Waals surface area contributed by atoms with E-state index >= 15 is 0 Å². The van der Waals surface area contributed by atoms with Crippen LogP contribution in [0, 0.1) is 0 Å². The fourth-order valence-corrected chi connectivity index (χ4v) is 1.87. The molecule has 0 aliphatic carbocycles. The summed E-state index contributed by atoms with van der Waals surface area (Å²) in [5.41, 5.74) is 0.334. The maximum atomic E-state index is 12.1. The van der Waals surface area contributed by atoms with E-state index in [1.54, 1.807) is 12.3 Å². The third-order valence-electron chi connectivity index (χ3n) is 2.33.